The van der Waals surface area contributed by atoms with E-state index in [-0.39, 0.29) is 35.1 Å². The summed E-state index contributed by atoms with van der Waals surface area (Å²) in [7, 11) is -3.74. The molecule has 1 amide bonds. The van der Waals surface area contributed by atoms with Gasteiger partial charge in [0.05, 0.1) is 11.3 Å². The minimum absolute atomic E-state index is 0.0155. The number of nitrogens with one attached hydrogen (secondary N) is 1. The van der Waals surface area contributed by atoms with E-state index in [4.69, 9.17) is 0 Å². The first-order chi connectivity index (χ1) is 17.3. The van der Waals surface area contributed by atoms with Crippen molar-refractivity contribution in [1.82, 2.24) is 9.62 Å². The summed E-state index contributed by atoms with van der Waals surface area (Å²) in [4.78, 5) is 12.7. The second kappa shape index (κ2) is 11.8. The largest absolute Gasteiger partial charge is 0.353 e. The molecule has 0 aliphatic heterocycles. The normalized spacial score (nSPS) is 18.2. The molecule has 36 heavy (non-hydrogen) atoms. The smallest absolute Gasteiger partial charge is 0.243 e. The molecule has 1 aliphatic rings. The van der Waals surface area contributed by atoms with E-state index in [1.807, 2.05) is 31.2 Å². The SMILES string of the molecule is Cc1ccc(CC(=O)NC2CCC(CN(Cc3cccc(F)c3)S(=O)(=O)c3ccccc3)CC2)cc1. The predicted octanol–water partition coefficient (Wildman–Crippen LogP) is 5.24. The maximum Gasteiger partial charge on any atom is 0.243 e. The van der Waals surface area contributed by atoms with Crippen LogP contribution in [0.2, 0.25) is 0 Å². The maximum absolute atomic E-state index is 13.8. The van der Waals surface area contributed by atoms with Crippen LogP contribution in [0.4, 0.5) is 4.39 Å². The number of carbonyl (C=O) groups excluding carboxylic acids is 1. The molecule has 1 N–H and O–H groups in total. The minimum atomic E-state index is -3.74. The van der Waals surface area contributed by atoms with Gasteiger partial charge in [-0.3, -0.25) is 4.79 Å². The fraction of sp³-hybridized carbons (Fsp3) is 0.345. The van der Waals surface area contributed by atoms with E-state index < -0.39 is 10.0 Å². The molecule has 0 heterocycles. The molecule has 1 saturated carbocycles. The first-order valence-electron chi connectivity index (χ1n) is 12.4. The van der Waals surface area contributed by atoms with Crippen LogP contribution in [0.3, 0.4) is 0 Å². The van der Waals surface area contributed by atoms with Crippen LogP contribution < -0.4 is 5.32 Å². The summed E-state index contributed by atoms with van der Waals surface area (Å²) in [5.74, 6) is -0.199. The lowest BCUT2D eigenvalue weighted by Gasteiger charge is -2.33. The van der Waals surface area contributed by atoms with Crippen molar-refractivity contribution < 1.29 is 17.6 Å². The number of rotatable bonds is 9. The van der Waals surface area contributed by atoms with Gasteiger partial charge in [-0.2, -0.15) is 4.31 Å². The van der Waals surface area contributed by atoms with Crippen molar-refractivity contribution in [3.8, 4) is 0 Å². The van der Waals surface area contributed by atoms with E-state index in [9.17, 15) is 17.6 Å². The number of amides is 1. The van der Waals surface area contributed by atoms with E-state index in [1.165, 1.54) is 22.0 Å². The number of sulfonamides is 1. The highest BCUT2D eigenvalue weighted by Gasteiger charge is 2.30. The summed E-state index contributed by atoms with van der Waals surface area (Å²) in [6.45, 7) is 2.49. The average Bonchev–Trinajstić information content (AvgIpc) is 2.87. The Labute approximate surface area is 213 Å². The molecule has 0 atom stereocenters. The molecule has 1 aliphatic carbocycles. The van der Waals surface area contributed by atoms with Gasteiger partial charge in [0.25, 0.3) is 0 Å². The van der Waals surface area contributed by atoms with Crippen molar-refractivity contribution in [1.29, 1.82) is 0 Å². The van der Waals surface area contributed by atoms with Gasteiger partial charge in [-0.05, 0) is 73.9 Å². The lowest BCUT2D eigenvalue weighted by molar-refractivity contribution is -0.121. The molecule has 1 fully saturated rings. The van der Waals surface area contributed by atoms with Crippen LogP contribution in [0.25, 0.3) is 0 Å². The number of nitrogens with zero attached hydrogens (tertiary/aromatic N) is 1. The Morgan fingerprint density at radius 2 is 1.61 bits per heavy atom. The average molecular weight is 509 g/mol. The summed E-state index contributed by atoms with van der Waals surface area (Å²) < 4.78 is 42.2. The van der Waals surface area contributed by atoms with Gasteiger partial charge >= 0.3 is 0 Å². The van der Waals surface area contributed by atoms with Gasteiger partial charge in [0.15, 0.2) is 0 Å². The fourth-order valence-electron chi connectivity index (χ4n) is 4.78. The van der Waals surface area contributed by atoms with E-state index >= 15 is 0 Å². The van der Waals surface area contributed by atoms with Crippen LogP contribution in [0.1, 0.15) is 42.4 Å². The number of hydrogen-bond acceptors (Lipinski definition) is 3. The summed E-state index contributed by atoms with van der Waals surface area (Å²) in [5, 5.41) is 3.15. The molecule has 0 aromatic heterocycles. The molecule has 7 heteroatoms. The number of halogens is 1. The minimum Gasteiger partial charge on any atom is -0.353 e. The quantitative estimate of drug-likeness (QED) is 0.430. The highest BCUT2D eigenvalue weighted by Crippen LogP contribution is 2.28. The molecule has 4 rings (SSSR count). The van der Waals surface area contributed by atoms with Crippen LogP contribution in [-0.4, -0.2) is 31.2 Å². The van der Waals surface area contributed by atoms with Gasteiger partial charge in [0, 0.05) is 19.1 Å². The summed E-state index contributed by atoms with van der Waals surface area (Å²) in [6, 6.07) is 22.5. The third-order valence-electron chi connectivity index (χ3n) is 6.79. The Bertz CT molecular complexity index is 1260. The molecule has 5 nitrogen and oxygen atoms in total. The molecule has 0 saturated heterocycles. The molecule has 0 radical (unpaired) electrons. The highest BCUT2D eigenvalue weighted by atomic mass is 32.2. The molecular weight excluding hydrogens is 475 g/mol. The topological polar surface area (TPSA) is 66.5 Å². The van der Waals surface area contributed by atoms with Crippen molar-refractivity contribution in [3.63, 3.8) is 0 Å². The standard InChI is InChI=1S/C29H33FN2O3S/c1-22-10-12-23(13-11-22)19-29(33)31-27-16-14-24(15-17-27)20-32(21-25-6-5-7-26(30)18-25)36(34,35)28-8-3-2-4-9-28/h2-13,18,24,27H,14-17,19-21H2,1H3,(H,31,33). The maximum atomic E-state index is 13.8. The summed E-state index contributed by atoms with van der Waals surface area (Å²) in [5.41, 5.74) is 2.77. The Morgan fingerprint density at radius 1 is 0.917 bits per heavy atom. The zero-order valence-electron chi connectivity index (χ0n) is 20.6. The number of aryl methyl sites for hydroxylation is 1. The molecule has 0 bridgehead atoms. The second-order valence-corrected chi connectivity index (χ2v) is 11.6. The number of carbonyl (C=O) groups is 1. The van der Waals surface area contributed by atoms with Crippen molar-refractivity contribution in [2.45, 2.75) is 56.5 Å². The lowest BCUT2D eigenvalue weighted by atomic mass is 9.86. The van der Waals surface area contributed by atoms with Crippen molar-refractivity contribution in [2.75, 3.05) is 6.54 Å². The zero-order valence-corrected chi connectivity index (χ0v) is 21.4. The van der Waals surface area contributed by atoms with Crippen molar-refractivity contribution in [3.05, 3.63) is 101 Å². The van der Waals surface area contributed by atoms with Gasteiger partial charge in [-0.1, -0.05) is 60.2 Å². The number of benzene rings is 3. The van der Waals surface area contributed by atoms with Gasteiger partial charge in [0.1, 0.15) is 5.82 Å². The van der Waals surface area contributed by atoms with Crippen LogP contribution in [-0.2, 0) is 27.8 Å². The van der Waals surface area contributed by atoms with E-state index in [2.05, 4.69) is 5.32 Å². The van der Waals surface area contributed by atoms with E-state index in [0.29, 0.717) is 18.5 Å². The van der Waals surface area contributed by atoms with Gasteiger partial charge in [-0.25, -0.2) is 12.8 Å². The molecule has 3 aromatic carbocycles. The third kappa shape index (κ3) is 7.02. The second-order valence-electron chi connectivity index (χ2n) is 9.69. The first kappa shape index (κ1) is 26.0. The van der Waals surface area contributed by atoms with Crippen LogP contribution in [0.15, 0.2) is 83.8 Å². The van der Waals surface area contributed by atoms with Crippen molar-refractivity contribution >= 4 is 15.9 Å². The van der Waals surface area contributed by atoms with Crippen molar-refractivity contribution in [2.24, 2.45) is 5.92 Å². The summed E-state index contributed by atoms with van der Waals surface area (Å²) >= 11 is 0. The molecular formula is C29H33FN2O3S. The molecule has 190 valence electrons. The molecule has 0 unspecified atom stereocenters. The molecule has 0 spiro atoms. The van der Waals surface area contributed by atoms with E-state index in [1.54, 1.807) is 42.5 Å². The Balaban J connectivity index is 1.38. The zero-order chi connectivity index (χ0) is 25.5. The first-order valence-corrected chi connectivity index (χ1v) is 13.9. The third-order valence-corrected chi connectivity index (χ3v) is 8.61. The van der Waals surface area contributed by atoms with Crippen LogP contribution >= 0.6 is 0 Å². The van der Waals surface area contributed by atoms with Gasteiger partial charge in [0.2, 0.25) is 15.9 Å². The predicted molar refractivity (Wildman–Crippen MR) is 139 cm³/mol. The molecule has 3 aromatic rings. The monoisotopic (exact) mass is 508 g/mol. The van der Waals surface area contributed by atoms with E-state index in [0.717, 1.165) is 31.2 Å². The Kier molecular flexibility index (Phi) is 8.54. The van der Waals surface area contributed by atoms with Crippen LogP contribution in [0.5, 0.6) is 0 Å². The highest BCUT2D eigenvalue weighted by molar-refractivity contribution is 7.89. The lowest BCUT2D eigenvalue weighted by Crippen LogP contribution is -2.41. The van der Waals surface area contributed by atoms with Gasteiger partial charge < -0.3 is 5.32 Å². The van der Waals surface area contributed by atoms with Crippen LogP contribution in [0, 0.1) is 18.7 Å². The fourth-order valence-corrected chi connectivity index (χ4v) is 6.30. The summed E-state index contributed by atoms with van der Waals surface area (Å²) in [6.07, 6.45) is 3.61. The number of hydrogen-bond donors (Lipinski definition) is 1. The van der Waals surface area contributed by atoms with Gasteiger partial charge in [-0.15, -0.1) is 0 Å². The Morgan fingerprint density at radius 3 is 2.28 bits per heavy atom. The Hall–Kier alpha value is -3.03.